The largest absolute Gasteiger partial charge is 0.335 e. The van der Waals surface area contributed by atoms with Crippen LogP contribution >= 0.6 is 0 Å². The molecule has 86 valence electrons. The molecule has 0 amide bonds. The van der Waals surface area contributed by atoms with Crippen LogP contribution < -0.4 is 0 Å². The maximum Gasteiger partial charge on any atom is 0.114 e. The van der Waals surface area contributed by atoms with Gasteiger partial charge in [-0.3, -0.25) is 9.97 Å². The van der Waals surface area contributed by atoms with Crippen LogP contribution in [0.4, 0.5) is 0 Å². The topological polar surface area (TPSA) is 30.7 Å². The zero-order valence-electron chi connectivity index (χ0n) is 10.1. The summed E-state index contributed by atoms with van der Waals surface area (Å²) in [7, 11) is 0. The SMILES string of the molecule is CCC(C)n1c2cccnc2c2ncccc21. The molecule has 17 heavy (non-hydrogen) atoms. The smallest absolute Gasteiger partial charge is 0.114 e. The van der Waals surface area contributed by atoms with Gasteiger partial charge in [-0.1, -0.05) is 6.92 Å². The van der Waals surface area contributed by atoms with E-state index in [1.54, 1.807) is 0 Å². The molecule has 0 aliphatic rings. The Morgan fingerprint density at radius 1 is 1.06 bits per heavy atom. The second kappa shape index (κ2) is 3.84. The molecule has 0 fully saturated rings. The molecule has 0 radical (unpaired) electrons. The summed E-state index contributed by atoms with van der Waals surface area (Å²) in [4.78, 5) is 8.93. The number of nitrogens with zero attached hydrogens (tertiary/aromatic N) is 3. The molecule has 3 heteroatoms. The molecule has 3 nitrogen and oxygen atoms in total. The molecule has 1 unspecified atom stereocenters. The molecule has 0 bridgehead atoms. The lowest BCUT2D eigenvalue weighted by molar-refractivity contribution is 0.562. The van der Waals surface area contributed by atoms with Gasteiger partial charge in [0.2, 0.25) is 0 Å². The van der Waals surface area contributed by atoms with Crippen molar-refractivity contribution in [3.05, 3.63) is 36.7 Å². The highest BCUT2D eigenvalue weighted by molar-refractivity contribution is 6.03. The third-order valence-corrected chi connectivity index (χ3v) is 3.35. The standard InChI is InChI=1S/C14H15N3/c1-3-10(2)17-11-6-4-8-15-13(11)14-12(17)7-5-9-16-14/h4-10H,3H2,1-2H3. The lowest BCUT2D eigenvalue weighted by atomic mass is 10.2. The summed E-state index contributed by atoms with van der Waals surface area (Å²) in [6.45, 7) is 4.44. The minimum Gasteiger partial charge on any atom is -0.335 e. The first-order valence-electron chi connectivity index (χ1n) is 6.02. The van der Waals surface area contributed by atoms with Crippen LogP contribution in [0.3, 0.4) is 0 Å². The van der Waals surface area contributed by atoms with Crippen molar-refractivity contribution in [2.75, 3.05) is 0 Å². The molecular formula is C14H15N3. The maximum atomic E-state index is 4.46. The predicted octanol–water partition coefficient (Wildman–Crippen LogP) is 3.56. The first-order valence-corrected chi connectivity index (χ1v) is 6.02. The molecule has 3 rings (SSSR count). The fraction of sp³-hybridized carbons (Fsp3) is 0.286. The van der Waals surface area contributed by atoms with Crippen molar-refractivity contribution < 1.29 is 0 Å². The normalized spacial score (nSPS) is 13.3. The summed E-state index contributed by atoms with van der Waals surface area (Å²) in [6, 6.07) is 8.68. The number of fused-ring (bicyclic) bond motifs is 3. The van der Waals surface area contributed by atoms with Gasteiger partial charge in [0, 0.05) is 18.4 Å². The summed E-state index contributed by atoms with van der Waals surface area (Å²) in [5, 5.41) is 0. The van der Waals surface area contributed by atoms with Crippen molar-refractivity contribution in [1.82, 2.24) is 14.5 Å². The van der Waals surface area contributed by atoms with E-state index in [1.807, 2.05) is 24.5 Å². The van der Waals surface area contributed by atoms with Crippen LogP contribution in [-0.4, -0.2) is 14.5 Å². The van der Waals surface area contributed by atoms with Crippen LogP contribution in [0, 0.1) is 0 Å². The van der Waals surface area contributed by atoms with Gasteiger partial charge in [-0.25, -0.2) is 0 Å². The van der Waals surface area contributed by atoms with Crippen molar-refractivity contribution in [3.63, 3.8) is 0 Å². The molecule has 0 saturated carbocycles. The van der Waals surface area contributed by atoms with E-state index in [0.29, 0.717) is 6.04 Å². The van der Waals surface area contributed by atoms with Crippen molar-refractivity contribution in [2.45, 2.75) is 26.3 Å². The molecule has 3 aromatic heterocycles. The van der Waals surface area contributed by atoms with E-state index in [1.165, 1.54) is 11.0 Å². The van der Waals surface area contributed by atoms with Gasteiger partial charge in [-0.15, -0.1) is 0 Å². The Hall–Kier alpha value is -1.90. The second-order valence-corrected chi connectivity index (χ2v) is 4.37. The molecule has 0 aromatic carbocycles. The van der Waals surface area contributed by atoms with Gasteiger partial charge in [0.25, 0.3) is 0 Å². The van der Waals surface area contributed by atoms with Crippen LogP contribution in [0.25, 0.3) is 22.1 Å². The molecule has 3 aromatic rings. The van der Waals surface area contributed by atoms with Gasteiger partial charge in [0.15, 0.2) is 0 Å². The lowest BCUT2D eigenvalue weighted by Crippen LogP contribution is -2.03. The zero-order chi connectivity index (χ0) is 11.8. The number of hydrogen-bond donors (Lipinski definition) is 0. The predicted molar refractivity (Wildman–Crippen MR) is 70.0 cm³/mol. The molecular weight excluding hydrogens is 210 g/mol. The van der Waals surface area contributed by atoms with Crippen LogP contribution in [-0.2, 0) is 0 Å². The first-order chi connectivity index (χ1) is 8.33. The van der Waals surface area contributed by atoms with Gasteiger partial charge in [0.05, 0.1) is 11.0 Å². The average Bonchev–Trinajstić information content (AvgIpc) is 2.72. The van der Waals surface area contributed by atoms with Crippen LogP contribution in [0.15, 0.2) is 36.7 Å². The van der Waals surface area contributed by atoms with E-state index in [-0.39, 0.29) is 0 Å². The summed E-state index contributed by atoms with van der Waals surface area (Å²) >= 11 is 0. The van der Waals surface area contributed by atoms with E-state index in [9.17, 15) is 0 Å². The molecule has 0 aliphatic carbocycles. The van der Waals surface area contributed by atoms with E-state index >= 15 is 0 Å². The average molecular weight is 225 g/mol. The molecule has 1 atom stereocenters. The Balaban J connectivity index is 2.50. The summed E-state index contributed by atoms with van der Waals surface area (Å²) in [6.07, 6.45) is 4.76. The van der Waals surface area contributed by atoms with Crippen molar-refractivity contribution in [2.24, 2.45) is 0 Å². The lowest BCUT2D eigenvalue weighted by Gasteiger charge is -2.13. The number of aromatic nitrogens is 3. The molecule has 3 heterocycles. The van der Waals surface area contributed by atoms with E-state index < -0.39 is 0 Å². The fourth-order valence-corrected chi connectivity index (χ4v) is 2.33. The Morgan fingerprint density at radius 3 is 2.06 bits per heavy atom. The third-order valence-electron chi connectivity index (χ3n) is 3.35. The number of hydrogen-bond acceptors (Lipinski definition) is 2. The minimum absolute atomic E-state index is 0.461. The minimum atomic E-state index is 0.461. The van der Waals surface area contributed by atoms with Crippen molar-refractivity contribution in [1.29, 1.82) is 0 Å². The molecule has 0 saturated heterocycles. The van der Waals surface area contributed by atoms with Gasteiger partial charge in [-0.05, 0) is 37.6 Å². The quantitative estimate of drug-likeness (QED) is 0.667. The summed E-state index contributed by atoms with van der Waals surface area (Å²) in [5.74, 6) is 0. The fourth-order valence-electron chi connectivity index (χ4n) is 2.33. The molecule has 0 aliphatic heterocycles. The van der Waals surface area contributed by atoms with E-state index in [4.69, 9.17) is 0 Å². The van der Waals surface area contributed by atoms with Crippen LogP contribution in [0.1, 0.15) is 26.3 Å². The Bertz CT molecular complexity index is 616. The Labute approximate surface area is 100 Å². The zero-order valence-corrected chi connectivity index (χ0v) is 10.1. The summed E-state index contributed by atoms with van der Waals surface area (Å²) in [5.41, 5.74) is 4.36. The van der Waals surface area contributed by atoms with E-state index in [0.717, 1.165) is 17.5 Å². The highest BCUT2D eigenvalue weighted by atomic mass is 15.0. The van der Waals surface area contributed by atoms with Crippen LogP contribution in [0.5, 0.6) is 0 Å². The van der Waals surface area contributed by atoms with Crippen molar-refractivity contribution >= 4 is 22.1 Å². The second-order valence-electron chi connectivity index (χ2n) is 4.37. The summed E-state index contributed by atoms with van der Waals surface area (Å²) < 4.78 is 2.34. The van der Waals surface area contributed by atoms with Gasteiger partial charge in [-0.2, -0.15) is 0 Å². The maximum absolute atomic E-state index is 4.46. The van der Waals surface area contributed by atoms with E-state index in [2.05, 4.69) is 40.5 Å². The number of pyridine rings is 2. The van der Waals surface area contributed by atoms with Gasteiger partial charge in [0.1, 0.15) is 11.0 Å². The van der Waals surface area contributed by atoms with Gasteiger partial charge >= 0.3 is 0 Å². The van der Waals surface area contributed by atoms with Gasteiger partial charge < -0.3 is 4.57 Å². The van der Waals surface area contributed by atoms with Crippen molar-refractivity contribution in [3.8, 4) is 0 Å². The first kappa shape index (κ1) is 10.3. The van der Waals surface area contributed by atoms with Crippen LogP contribution in [0.2, 0.25) is 0 Å². The Morgan fingerprint density at radius 2 is 1.59 bits per heavy atom. The molecule has 0 spiro atoms. The Kier molecular flexibility index (Phi) is 2.32. The monoisotopic (exact) mass is 225 g/mol. The highest BCUT2D eigenvalue weighted by Crippen LogP contribution is 2.29. The highest BCUT2D eigenvalue weighted by Gasteiger charge is 2.14. The third kappa shape index (κ3) is 1.42. The molecule has 0 N–H and O–H groups in total. The number of rotatable bonds is 2.